The SMILES string of the molecule is COc1ccc2c3c1O[C@H]1C(OC(=O)[C@H](O)[C@@H](OC(C)=O)C(=O)O[C@@H](C)C(=O)O)=CC[C@@]4(O)[C@@H](C2)N(C)CC[C@]314. The smallest absolute Gasteiger partial charge is 0.351 e. The van der Waals surface area contributed by atoms with Crippen LogP contribution in [0.4, 0.5) is 0 Å². The summed E-state index contributed by atoms with van der Waals surface area (Å²) in [7, 11) is 3.45. The van der Waals surface area contributed by atoms with Gasteiger partial charge in [-0.3, -0.25) is 4.79 Å². The zero-order valence-electron chi connectivity index (χ0n) is 22.4. The summed E-state index contributed by atoms with van der Waals surface area (Å²) in [6.45, 7) is 2.63. The van der Waals surface area contributed by atoms with Gasteiger partial charge in [0.05, 0.1) is 18.1 Å². The fourth-order valence-electron chi connectivity index (χ4n) is 6.60. The van der Waals surface area contributed by atoms with E-state index in [1.165, 1.54) is 13.2 Å². The highest BCUT2D eigenvalue weighted by molar-refractivity contribution is 5.89. The number of piperidine rings is 1. The van der Waals surface area contributed by atoms with E-state index in [-0.39, 0.29) is 18.2 Å². The Hall–Kier alpha value is -3.68. The van der Waals surface area contributed by atoms with E-state index in [0.717, 1.165) is 25.0 Å². The number of hydrogen-bond donors (Lipinski definition) is 3. The van der Waals surface area contributed by atoms with Crippen molar-refractivity contribution >= 4 is 23.9 Å². The van der Waals surface area contributed by atoms with Crippen LogP contribution in [0.3, 0.4) is 0 Å². The summed E-state index contributed by atoms with van der Waals surface area (Å²) in [6, 6.07) is 3.49. The molecule has 5 rings (SSSR count). The maximum absolute atomic E-state index is 13.1. The third-order valence-corrected chi connectivity index (χ3v) is 8.47. The number of methoxy groups -OCH3 is 1. The molecule has 0 radical (unpaired) electrons. The van der Waals surface area contributed by atoms with Crippen LogP contribution in [0.5, 0.6) is 11.5 Å². The van der Waals surface area contributed by atoms with Crippen LogP contribution in [0, 0.1) is 0 Å². The third kappa shape index (κ3) is 3.94. The Morgan fingerprint density at radius 3 is 2.55 bits per heavy atom. The highest BCUT2D eigenvalue weighted by Gasteiger charge is 2.72. The van der Waals surface area contributed by atoms with Crippen LogP contribution in [0.1, 0.15) is 37.8 Å². The number of aliphatic hydroxyl groups excluding tert-OH is 1. The highest BCUT2D eigenvalue weighted by atomic mass is 16.6. The van der Waals surface area contributed by atoms with Gasteiger partial charge in [0.25, 0.3) is 0 Å². The van der Waals surface area contributed by atoms with Crippen LogP contribution in [0.15, 0.2) is 24.0 Å². The normalized spacial score (nSPS) is 30.0. The van der Waals surface area contributed by atoms with Crippen molar-refractivity contribution in [3.63, 3.8) is 0 Å². The quantitative estimate of drug-likeness (QED) is 0.282. The number of carbonyl (C=O) groups excluding carboxylic acids is 3. The fourth-order valence-corrected chi connectivity index (χ4v) is 6.60. The molecule has 1 saturated heterocycles. The predicted octanol–water partition coefficient (Wildman–Crippen LogP) is -0.175. The van der Waals surface area contributed by atoms with Crippen LogP contribution < -0.4 is 9.47 Å². The minimum absolute atomic E-state index is 0.0111. The fraction of sp³-hybridized carbons (Fsp3) is 0.556. The second kappa shape index (κ2) is 9.75. The molecule has 40 heavy (non-hydrogen) atoms. The number of likely N-dealkylation sites (tertiary alicyclic amines) is 1. The van der Waals surface area contributed by atoms with Gasteiger partial charge in [0.2, 0.25) is 6.10 Å². The van der Waals surface area contributed by atoms with Gasteiger partial charge in [-0.15, -0.1) is 0 Å². The lowest BCUT2D eigenvalue weighted by molar-refractivity contribution is -0.189. The highest BCUT2D eigenvalue weighted by Crippen LogP contribution is 2.65. The van der Waals surface area contributed by atoms with Gasteiger partial charge in [-0.25, -0.2) is 14.4 Å². The van der Waals surface area contributed by atoms with Crippen molar-refractivity contribution < 1.29 is 58.2 Å². The Morgan fingerprint density at radius 1 is 1.18 bits per heavy atom. The molecular weight excluding hydrogens is 530 g/mol. The summed E-state index contributed by atoms with van der Waals surface area (Å²) in [5, 5.41) is 31.9. The molecule has 7 atom stereocenters. The van der Waals surface area contributed by atoms with Crippen molar-refractivity contribution in [3.05, 3.63) is 35.1 Å². The lowest BCUT2D eigenvalue weighted by Crippen LogP contribution is -2.74. The molecule has 3 N–H and O–H groups in total. The molecule has 0 saturated carbocycles. The summed E-state index contributed by atoms with van der Waals surface area (Å²) < 4.78 is 27.0. The van der Waals surface area contributed by atoms with Gasteiger partial charge in [0, 0.05) is 24.9 Å². The van der Waals surface area contributed by atoms with Gasteiger partial charge < -0.3 is 43.9 Å². The molecular formula is C27H31NO12. The molecule has 1 aromatic rings. The molecule has 1 fully saturated rings. The van der Waals surface area contributed by atoms with Crippen molar-refractivity contribution in [2.24, 2.45) is 0 Å². The Bertz CT molecular complexity index is 1310. The molecule has 2 heterocycles. The molecule has 0 amide bonds. The standard InChI is InChI=1S/C27H31NO12/c1-12(23(31)32)37-25(34)21(38-13(2)29)19(30)24(33)39-16-7-8-27(35)17-11-14-5-6-15(36-4)20-18(14)26(27,22(16)40-20)9-10-28(17)3/h5-7,12,17,19,21-22,30,35H,8-11H2,1-4H3,(H,31,32)/t12-,17+,19+,21+,22-,26-,27+/m0/s1. The molecule has 0 aromatic heterocycles. The number of benzene rings is 1. The molecule has 13 nitrogen and oxygen atoms in total. The largest absolute Gasteiger partial charge is 0.493 e. The summed E-state index contributed by atoms with van der Waals surface area (Å²) >= 11 is 0. The van der Waals surface area contributed by atoms with E-state index in [4.69, 9.17) is 28.8 Å². The minimum atomic E-state index is -2.35. The van der Waals surface area contributed by atoms with E-state index in [9.17, 15) is 29.4 Å². The molecule has 4 aliphatic rings. The number of nitrogens with zero attached hydrogens (tertiary/aromatic N) is 1. The first-order chi connectivity index (χ1) is 18.9. The summed E-state index contributed by atoms with van der Waals surface area (Å²) in [5.74, 6) is -4.39. The van der Waals surface area contributed by atoms with E-state index in [1.54, 1.807) is 6.07 Å². The van der Waals surface area contributed by atoms with Gasteiger partial charge in [-0.1, -0.05) is 6.07 Å². The molecule has 2 bridgehead atoms. The first-order valence-corrected chi connectivity index (χ1v) is 12.9. The lowest BCUT2D eigenvalue weighted by Gasteiger charge is -2.61. The lowest BCUT2D eigenvalue weighted by atomic mass is 9.50. The molecule has 13 heteroatoms. The molecule has 2 aliphatic carbocycles. The topological polar surface area (TPSA) is 178 Å². The maximum atomic E-state index is 13.1. The van der Waals surface area contributed by atoms with Crippen molar-refractivity contribution in [3.8, 4) is 11.5 Å². The first-order valence-electron chi connectivity index (χ1n) is 12.9. The Morgan fingerprint density at radius 2 is 1.90 bits per heavy atom. The zero-order valence-corrected chi connectivity index (χ0v) is 22.4. The number of aliphatic hydroxyl groups is 2. The summed E-state index contributed by atoms with van der Waals surface area (Å²) in [6.07, 6.45) is -4.43. The van der Waals surface area contributed by atoms with Gasteiger partial charge in [-0.2, -0.15) is 0 Å². The van der Waals surface area contributed by atoms with Crippen LogP contribution in [-0.4, -0.2) is 101 Å². The molecule has 1 aromatic carbocycles. The van der Waals surface area contributed by atoms with Crippen molar-refractivity contribution in [2.75, 3.05) is 20.7 Å². The number of hydrogen-bond acceptors (Lipinski definition) is 12. The van der Waals surface area contributed by atoms with Crippen molar-refractivity contribution in [1.82, 2.24) is 4.90 Å². The van der Waals surface area contributed by atoms with Crippen LogP contribution >= 0.6 is 0 Å². The van der Waals surface area contributed by atoms with E-state index in [2.05, 4.69) is 4.90 Å². The monoisotopic (exact) mass is 561 g/mol. The van der Waals surface area contributed by atoms with Gasteiger partial charge in [0.15, 0.2) is 29.8 Å². The molecule has 1 spiro atoms. The summed E-state index contributed by atoms with van der Waals surface area (Å²) in [4.78, 5) is 50.4. The van der Waals surface area contributed by atoms with Crippen LogP contribution in [0.25, 0.3) is 0 Å². The average molecular weight is 562 g/mol. The number of carboxylic acids is 1. The third-order valence-electron chi connectivity index (χ3n) is 8.47. The van der Waals surface area contributed by atoms with Gasteiger partial charge in [-0.05, 0) is 51.1 Å². The average Bonchev–Trinajstić information content (AvgIpc) is 3.26. The second-order valence-electron chi connectivity index (χ2n) is 10.6. The number of aliphatic carboxylic acids is 1. The number of carboxylic acid groups (broad SMARTS) is 1. The number of ether oxygens (including phenoxy) is 5. The number of rotatable bonds is 8. The Labute approximate surface area is 229 Å². The number of likely N-dealkylation sites (N-methyl/N-ethyl adjacent to an activating group) is 1. The second-order valence-corrected chi connectivity index (χ2v) is 10.6. The predicted molar refractivity (Wildman–Crippen MR) is 132 cm³/mol. The first kappa shape index (κ1) is 27.9. The molecule has 2 aliphatic heterocycles. The van der Waals surface area contributed by atoms with E-state index in [1.807, 2.05) is 13.1 Å². The van der Waals surface area contributed by atoms with Crippen molar-refractivity contribution in [2.45, 2.75) is 74.6 Å². The van der Waals surface area contributed by atoms with Gasteiger partial charge in [0.1, 0.15) is 5.76 Å². The van der Waals surface area contributed by atoms with Crippen LogP contribution in [-0.2, 0) is 45.2 Å². The summed E-state index contributed by atoms with van der Waals surface area (Å²) in [5.41, 5.74) is -0.463. The van der Waals surface area contributed by atoms with E-state index >= 15 is 0 Å². The zero-order chi connectivity index (χ0) is 29.1. The molecule has 216 valence electrons. The molecule has 0 unspecified atom stereocenters. The Kier molecular flexibility index (Phi) is 6.79. The van der Waals surface area contributed by atoms with Gasteiger partial charge >= 0.3 is 23.9 Å². The van der Waals surface area contributed by atoms with Crippen molar-refractivity contribution in [1.29, 1.82) is 0 Å². The van der Waals surface area contributed by atoms with E-state index < -0.39 is 59.3 Å². The Balaban J connectivity index is 1.47. The number of esters is 3. The van der Waals surface area contributed by atoms with Crippen LogP contribution in [0.2, 0.25) is 0 Å². The minimum Gasteiger partial charge on any atom is -0.493 e. The number of carbonyl (C=O) groups is 4. The van der Waals surface area contributed by atoms with E-state index in [0.29, 0.717) is 30.9 Å². The maximum Gasteiger partial charge on any atom is 0.351 e.